The minimum absolute atomic E-state index is 0.102. The summed E-state index contributed by atoms with van der Waals surface area (Å²) in [6.45, 7) is 2.54. The van der Waals surface area contributed by atoms with E-state index in [0.717, 1.165) is 19.3 Å². The van der Waals surface area contributed by atoms with E-state index >= 15 is 0 Å². The molecule has 1 aliphatic rings. The molecule has 1 fully saturated rings. The lowest BCUT2D eigenvalue weighted by Gasteiger charge is -2.19. The zero-order valence-corrected chi connectivity index (χ0v) is 9.81. The molecule has 1 aliphatic carbocycles. The molecule has 0 radical (unpaired) electrons. The van der Waals surface area contributed by atoms with Gasteiger partial charge < -0.3 is 0 Å². The molecule has 0 amide bonds. The van der Waals surface area contributed by atoms with E-state index in [4.69, 9.17) is 0 Å². The van der Waals surface area contributed by atoms with Crippen molar-refractivity contribution in [3.05, 3.63) is 0 Å². The van der Waals surface area contributed by atoms with Gasteiger partial charge in [0.1, 0.15) is 0 Å². The zero-order chi connectivity index (χ0) is 10.1. The topological polar surface area (TPSA) is 37.4 Å². The molecular weight excluding hydrogens is 206 g/mol. The van der Waals surface area contributed by atoms with Crippen molar-refractivity contribution in [3.8, 4) is 0 Å². The highest BCUT2D eigenvalue weighted by molar-refractivity contribution is 7.90. The summed E-state index contributed by atoms with van der Waals surface area (Å²) in [4.78, 5) is 0. The second-order valence-electron chi connectivity index (χ2n) is 3.59. The fraction of sp³-hybridized carbons (Fsp3) is 1.00. The van der Waals surface area contributed by atoms with Crippen LogP contribution in [0.3, 0.4) is 0 Å². The van der Waals surface area contributed by atoms with Crippen LogP contribution >= 0.6 is 12.6 Å². The maximum atomic E-state index is 11.6. The second-order valence-corrected chi connectivity index (χ2v) is 6.64. The summed E-state index contributed by atoms with van der Waals surface area (Å²) in [5.74, 6) is 0. The first-order valence-corrected chi connectivity index (χ1v) is 6.63. The molecule has 5 heteroatoms. The monoisotopic (exact) mass is 223 g/mol. The van der Waals surface area contributed by atoms with Crippen LogP contribution in [0.2, 0.25) is 0 Å². The molecule has 1 saturated carbocycles. The molecule has 0 saturated heterocycles. The highest BCUT2D eigenvalue weighted by Crippen LogP contribution is 2.30. The number of nitrogens with zero attached hydrogens (tertiary/aromatic N) is 1. The maximum Gasteiger partial charge on any atom is 0.216 e. The molecule has 0 heterocycles. The van der Waals surface area contributed by atoms with Crippen molar-refractivity contribution < 1.29 is 8.42 Å². The van der Waals surface area contributed by atoms with Crippen molar-refractivity contribution in [3.63, 3.8) is 0 Å². The van der Waals surface area contributed by atoms with Gasteiger partial charge in [-0.15, -0.1) is 0 Å². The molecule has 0 aromatic rings. The minimum Gasteiger partial charge on any atom is -0.212 e. The van der Waals surface area contributed by atoms with Crippen molar-refractivity contribution in [1.29, 1.82) is 0 Å². The average molecular weight is 223 g/mol. The molecule has 0 aromatic carbocycles. The standard InChI is InChI=1S/C8H17NO2S2/c1-3-7(12)6-9(2)13(10,11)8-4-5-8/h7-8,12H,3-6H2,1-2H3. The maximum absolute atomic E-state index is 11.6. The third kappa shape index (κ3) is 2.86. The van der Waals surface area contributed by atoms with E-state index in [9.17, 15) is 8.42 Å². The summed E-state index contributed by atoms with van der Waals surface area (Å²) in [5, 5.41) is 0.0495. The lowest BCUT2D eigenvalue weighted by Crippen LogP contribution is -2.34. The van der Waals surface area contributed by atoms with Gasteiger partial charge in [0, 0.05) is 18.8 Å². The summed E-state index contributed by atoms with van der Waals surface area (Å²) in [6, 6.07) is 0. The molecule has 0 aliphatic heterocycles. The molecular formula is C8H17NO2S2. The lowest BCUT2D eigenvalue weighted by molar-refractivity contribution is 0.463. The van der Waals surface area contributed by atoms with E-state index in [1.54, 1.807) is 7.05 Å². The summed E-state index contributed by atoms with van der Waals surface area (Å²) in [7, 11) is -1.34. The average Bonchev–Trinajstić information content (AvgIpc) is 2.86. The van der Waals surface area contributed by atoms with E-state index in [-0.39, 0.29) is 10.5 Å². The number of hydrogen-bond acceptors (Lipinski definition) is 3. The van der Waals surface area contributed by atoms with E-state index in [1.165, 1.54) is 4.31 Å². The molecule has 1 unspecified atom stereocenters. The fourth-order valence-electron chi connectivity index (χ4n) is 1.15. The summed E-state index contributed by atoms with van der Waals surface area (Å²) < 4.78 is 24.7. The van der Waals surface area contributed by atoms with E-state index in [1.807, 2.05) is 6.92 Å². The van der Waals surface area contributed by atoms with E-state index < -0.39 is 10.0 Å². The van der Waals surface area contributed by atoms with Crippen LogP contribution in [0.4, 0.5) is 0 Å². The van der Waals surface area contributed by atoms with Crippen LogP contribution in [-0.2, 0) is 10.0 Å². The van der Waals surface area contributed by atoms with E-state index in [2.05, 4.69) is 12.6 Å². The Hall–Kier alpha value is 0.260. The minimum atomic E-state index is -2.99. The third-order valence-corrected chi connectivity index (χ3v) is 5.18. The number of sulfonamides is 1. The van der Waals surface area contributed by atoms with Crippen LogP contribution in [0.1, 0.15) is 26.2 Å². The molecule has 78 valence electrons. The largest absolute Gasteiger partial charge is 0.216 e. The Morgan fingerprint density at radius 3 is 2.46 bits per heavy atom. The number of rotatable bonds is 5. The van der Waals surface area contributed by atoms with Gasteiger partial charge in [-0.2, -0.15) is 12.6 Å². The van der Waals surface area contributed by atoms with Gasteiger partial charge in [0.25, 0.3) is 0 Å². The molecule has 0 bridgehead atoms. The molecule has 0 N–H and O–H groups in total. The van der Waals surface area contributed by atoms with Gasteiger partial charge in [-0.1, -0.05) is 6.92 Å². The number of hydrogen-bond donors (Lipinski definition) is 1. The molecule has 13 heavy (non-hydrogen) atoms. The van der Waals surface area contributed by atoms with Gasteiger partial charge in [0.15, 0.2) is 0 Å². The third-order valence-electron chi connectivity index (χ3n) is 2.32. The van der Waals surface area contributed by atoms with Gasteiger partial charge in [-0.05, 0) is 19.3 Å². The molecule has 1 rings (SSSR count). The Morgan fingerprint density at radius 1 is 1.54 bits per heavy atom. The van der Waals surface area contributed by atoms with Gasteiger partial charge in [0.05, 0.1) is 5.25 Å². The smallest absolute Gasteiger partial charge is 0.212 e. The van der Waals surface area contributed by atoms with Crippen LogP contribution in [0.15, 0.2) is 0 Å². The van der Waals surface area contributed by atoms with Crippen LogP contribution in [0.25, 0.3) is 0 Å². The van der Waals surface area contributed by atoms with Crippen molar-refractivity contribution >= 4 is 22.7 Å². The van der Waals surface area contributed by atoms with Crippen LogP contribution in [-0.4, -0.2) is 36.8 Å². The Labute approximate surface area is 86.0 Å². The predicted molar refractivity (Wildman–Crippen MR) is 57.6 cm³/mol. The van der Waals surface area contributed by atoms with Gasteiger partial charge >= 0.3 is 0 Å². The van der Waals surface area contributed by atoms with Crippen molar-refractivity contribution in [2.24, 2.45) is 0 Å². The Morgan fingerprint density at radius 2 is 2.08 bits per heavy atom. The second kappa shape index (κ2) is 4.19. The Kier molecular flexibility index (Phi) is 3.65. The SMILES string of the molecule is CCC(S)CN(C)S(=O)(=O)C1CC1. The Bertz CT molecular complexity index is 259. The van der Waals surface area contributed by atoms with Crippen LogP contribution < -0.4 is 0 Å². The molecule has 1 atom stereocenters. The molecule has 3 nitrogen and oxygen atoms in total. The normalized spacial score (nSPS) is 20.6. The van der Waals surface area contributed by atoms with Crippen molar-refractivity contribution in [1.82, 2.24) is 4.31 Å². The van der Waals surface area contributed by atoms with Crippen LogP contribution in [0.5, 0.6) is 0 Å². The van der Waals surface area contributed by atoms with Crippen LogP contribution in [0, 0.1) is 0 Å². The Balaban J connectivity index is 2.51. The first-order valence-electron chi connectivity index (χ1n) is 4.61. The summed E-state index contributed by atoms with van der Waals surface area (Å²) in [5.41, 5.74) is 0. The predicted octanol–water partition coefficient (Wildman–Crippen LogP) is 1.12. The highest BCUT2D eigenvalue weighted by Gasteiger charge is 2.38. The molecule has 0 spiro atoms. The van der Waals surface area contributed by atoms with Gasteiger partial charge in [-0.3, -0.25) is 0 Å². The first kappa shape index (κ1) is 11.3. The number of thiol groups is 1. The van der Waals surface area contributed by atoms with E-state index in [0.29, 0.717) is 6.54 Å². The highest BCUT2D eigenvalue weighted by atomic mass is 32.2. The van der Waals surface area contributed by atoms with Gasteiger partial charge in [0.2, 0.25) is 10.0 Å². The summed E-state index contributed by atoms with van der Waals surface area (Å²) in [6.07, 6.45) is 2.56. The first-order chi connectivity index (χ1) is 5.98. The molecule has 0 aromatic heterocycles. The summed E-state index contributed by atoms with van der Waals surface area (Å²) >= 11 is 4.28. The van der Waals surface area contributed by atoms with Gasteiger partial charge in [-0.25, -0.2) is 12.7 Å². The zero-order valence-electron chi connectivity index (χ0n) is 8.10. The van der Waals surface area contributed by atoms with Crippen molar-refractivity contribution in [2.45, 2.75) is 36.7 Å². The fourth-order valence-corrected chi connectivity index (χ4v) is 3.13. The quantitative estimate of drug-likeness (QED) is 0.709. The van der Waals surface area contributed by atoms with Crippen molar-refractivity contribution in [2.75, 3.05) is 13.6 Å². The lowest BCUT2D eigenvalue weighted by atomic mass is 10.3.